The summed E-state index contributed by atoms with van der Waals surface area (Å²) in [6, 6.07) is 10.1. The molecule has 0 aliphatic carbocycles. The van der Waals surface area contributed by atoms with Crippen LogP contribution >= 0.6 is 11.6 Å². The molecule has 0 saturated heterocycles. The van der Waals surface area contributed by atoms with Gasteiger partial charge in [-0.05, 0) is 24.3 Å². The van der Waals surface area contributed by atoms with Crippen LogP contribution in [-0.4, -0.2) is 46.0 Å². The standard InChI is InChI=1S/C20H22ClN5O5S/c1-29-13-6-7-15(16(10-13)26-32(4,27)28)24-19-14(21)11-22-20(25-19)23-12-5-8-17(30-2)18(9-12)31-3/h5-11,26H,1-4H3,(H2,22,23,24,25). The summed E-state index contributed by atoms with van der Waals surface area (Å²) < 4.78 is 41.7. The van der Waals surface area contributed by atoms with Crippen LogP contribution in [0.2, 0.25) is 5.02 Å². The van der Waals surface area contributed by atoms with Crippen molar-refractivity contribution in [2.45, 2.75) is 0 Å². The maximum absolute atomic E-state index is 11.8. The number of halogens is 1. The highest BCUT2D eigenvalue weighted by molar-refractivity contribution is 7.92. The predicted molar refractivity (Wildman–Crippen MR) is 125 cm³/mol. The number of nitrogens with zero attached hydrogens (tertiary/aromatic N) is 2. The van der Waals surface area contributed by atoms with E-state index in [-0.39, 0.29) is 22.5 Å². The third-order valence-electron chi connectivity index (χ3n) is 4.16. The first kappa shape index (κ1) is 23.2. The van der Waals surface area contributed by atoms with Gasteiger partial charge >= 0.3 is 0 Å². The molecule has 0 bridgehead atoms. The van der Waals surface area contributed by atoms with Gasteiger partial charge in [0.2, 0.25) is 16.0 Å². The van der Waals surface area contributed by atoms with Crippen LogP contribution in [-0.2, 0) is 10.0 Å². The summed E-state index contributed by atoms with van der Waals surface area (Å²) in [4.78, 5) is 8.58. The average molecular weight is 480 g/mol. The van der Waals surface area contributed by atoms with E-state index in [2.05, 4.69) is 25.3 Å². The lowest BCUT2D eigenvalue weighted by Crippen LogP contribution is -2.11. The Morgan fingerprint density at radius 3 is 2.31 bits per heavy atom. The highest BCUT2D eigenvalue weighted by Crippen LogP contribution is 2.33. The number of aromatic nitrogens is 2. The summed E-state index contributed by atoms with van der Waals surface area (Å²) in [5.41, 5.74) is 1.37. The number of methoxy groups -OCH3 is 3. The van der Waals surface area contributed by atoms with Gasteiger partial charge in [0.15, 0.2) is 17.3 Å². The van der Waals surface area contributed by atoms with Crippen molar-refractivity contribution in [1.29, 1.82) is 0 Å². The van der Waals surface area contributed by atoms with Gasteiger partial charge < -0.3 is 24.8 Å². The van der Waals surface area contributed by atoms with Crippen molar-refractivity contribution in [2.24, 2.45) is 0 Å². The quantitative estimate of drug-likeness (QED) is 0.417. The molecule has 0 fully saturated rings. The summed E-state index contributed by atoms with van der Waals surface area (Å²) in [5.74, 6) is 2.13. The second-order valence-corrected chi connectivity index (χ2v) is 8.65. The van der Waals surface area contributed by atoms with Gasteiger partial charge in [-0.15, -0.1) is 0 Å². The van der Waals surface area contributed by atoms with Gasteiger partial charge in [0, 0.05) is 17.8 Å². The van der Waals surface area contributed by atoms with Crippen molar-refractivity contribution >= 4 is 50.5 Å². The summed E-state index contributed by atoms with van der Waals surface area (Å²) >= 11 is 6.27. The van der Waals surface area contributed by atoms with Crippen molar-refractivity contribution in [3.63, 3.8) is 0 Å². The Bertz CT molecular complexity index is 1220. The zero-order valence-corrected chi connectivity index (χ0v) is 19.3. The van der Waals surface area contributed by atoms with Gasteiger partial charge in [-0.25, -0.2) is 13.4 Å². The van der Waals surface area contributed by atoms with E-state index < -0.39 is 10.0 Å². The lowest BCUT2D eigenvalue weighted by Gasteiger charge is -2.15. The van der Waals surface area contributed by atoms with Gasteiger partial charge in [-0.2, -0.15) is 4.98 Å². The minimum Gasteiger partial charge on any atom is -0.497 e. The van der Waals surface area contributed by atoms with Crippen LogP contribution in [0.3, 0.4) is 0 Å². The fourth-order valence-electron chi connectivity index (χ4n) is 2.73. The highest BCUT2D eigenvalue weighted by atomic mass is 35.5. The van der Waals surface area contributed by atoms with E-state index in [1.54, 1.807) is 50.6 Å². The van der Waals surface area contributed by atoms with E-state index in [4.69, 9.17) is 25.8 Å². The average Bonchev–Trinajstić information content (AvgIpc) is 2.76. The molecule has 0 amide bonds. The van der Waals surface area contributed by atoms with Crippen molar-refractivity contribution in [1.82, 2.24) is 9.97 Å². The normalized spacial score (nSPS) is 10.9. The molecule has 3 rings (SSSR count). The first-order valence-electron chi connectivity index (χ1n) is 9.17. The predicted octanol–water partition coefficient (Wildman–Crippen LogP) is 4.01. The number of benzene rings is 2. The molecule has 1 heterocycles. The summed E-state index contributed by atoms with van der Waals surface area (Å²) in [6.07, 6.45) is 2.48. The van der Waals surface area contributed by atoms with E-state index in [0.29, 0.717) is 28.6 Å². The van der Waals surface area contributed by atoms with Gasteiger partial charge in [0.05, 0.1) is 45.2 Å². The molecule has 3 N–H and O–H groups in total. The van der Waals surface area contributed by atoms with Crippen LogP contribution in [0.1, 0.15) is 0 Å². The monoisotopic (exact) mass is 479 g/mol. The van der Waals surface area contributed by atoms with Crippen molar-refractivity contribution in [2.75, 3.05) is 42.9 Å². The number of ether oxygens (including phenoxy) is 3. The number of sulfonamides is 1. The third-order valence-corrected chi connectivity index (χ3v) is 5.03. The Morgan fingerprint density at radius 2 is 1.66 bits per heavy atom. The zero-order chi connectivity index (χ0) is 23.3. The molecule has 3 aromatic rings. The van der Waals surface area contributed by atoms with Crippen LogP contribution in [0.15, 0.2) is 42.6 Å². The largest absolute Gasteiger partial charge is 0.497 e. The second kappa shape index (κ2) is 9.79. The molecule has 170 valence electrons. The number of hydrogen-bond acceptors (Lipinski definition) is 9. The van der Waals surface area contributed by atoms with E-state index in [1.807, 2.05) is 0 Å². The molecule has 0 saturated carbocycles. The van der Waals surface area contributed by atoms with Crippen LogP contribution < -0.4 is 29.6 Å². The minimum absolute atomic E-state index is 0.240. The van der Waals surface area contributed by atoms with Gasteiger partial charge in [0.25, 0.3) is 0 Å². The van der Waals surface area contributed by atoms with Crippen LogP contribution in [0.5, 0.6) is 17.2 Å². The fourth-order valence-corrected chi connectivity index (χ4v) is 3.44. The fraction of sp³-hybridized carbons (Fsp3) is 0.200. The Labute approximate surface area is 190 Å². The topological polar surface area (TPSA) is 124 Å². The molecule has 0 atom stereocenters. The van der Waals surface area contributed by atoms with Gasteiger partial charge in [-0.3, -0.25) is 4.72 Å². The summed E-state index contributed by atoms with van der Waals surface area (Å²) in [5, 5.41) is 6.34. The minimum atomic E-state index is -3.53. The van der Waals surface area contributed by atoms with E-state index in [0.717, 1.165) is 6.26 Å². The zero-order valence-electron chi connectivity index (χ0n) is 17.8. The second-order valence-electron chi connectivity index (χ2n) is 6.50. The first-order chi connectivity index (χ1) is 15.2. The van der Waals surface area contributed by atoms with E-state index in [9.17, 15) is 8.42 Å². The number of hydrogen-bond donors (Lipinski definition) is 3. The van der Waals surface area contributed by atoms with Crippen molar-refractivity contribution in [3.8, 4) is 17.2 Å². The van der Waals surface area contributed by atoms with E-state index >= 15 is 0 Å². The molecule has 2 aromatic carbocycles. The molecular weight excluding hydrogens is 458 g/mol. The molecule has 12 heteroatoms. The number of nitrogens with one attached hydrogen (secondary N) is 3. The molecule has 10 nitrogen and oxygen atoms in total. The molecule has 0 aliphatic heterocycles. The Kier molecular flexibility index (Phi) is 7.11. The molecule has 32 heavy (non-hydrogen) atoms. The number of anilines is 5. The van der Waals surface area contributed by atoms with Gasteiger partial charge in [-0.1, -0.05) is 11.6 Å². The summed E-state index contributed by atoms with van der Waals surface area (Å²) in [6.45, 7) is 0. The molecule has 0 spiro atoms. The Morgan fingerprint density at radius 1 is 0.906 bits per heavy atom. The van der Waals surface area contributed by atoms with Crippen LogP contribution in [0.4, 0.5) is 28.8 Å². The maximum atomic E-state index is 11.8. The number of rotatable bonds is 9. The van der Waals surface area contributed by atoms with Crippen molar-refractivity contribution in [3.05, 3.63) is 47.6 Å². The first-order valence-corrected chi connectivity index (χ1v) is 11.4. The Hall–Kier alpha value is -3.44. The van der Waals surface area contributed by atoms with Crippen LogP contribution in [0, 0.1) is 0 Å². The molecule has 0 aliphatic rings. The SMILES string of the molecule is COc1ccc(Nc2nc(Nc3ccc(OC)c(OC)c3)ncc2Cl)c(NS(C)(=O)=O)c1. The lowest BCUT2D eigenvalue weighted by molar-refractivity contribution is 0.355. The van der Waals surface area contributed by atoms with Gasteiger partial charge in [0.1, 0.15) is 10.8 Å². The van der Waals surface area contributed by atoms with E-state index in [1.165, 1.54) is 13.3 Å². The Balaban J connectivity index is 1.90. The molecule has 1 aromatic heterocycles. The third kappa shape index (κ3) is 5.83. The molecular formula is C20H22ClN5O5S. The molecule has 0 radical (unpaired) electrons. The maximum Gasteiger partial charge on any atom is 0.229 e. The molecule has 0 unspecified atom stereocenters. The smallest absolute Gasteiger partial charge is 0.229 e. The van der Waals surface area contributed by atoms with Crippen LogP contribution in [0.25, 0.3) is 0 Å². The van der Waals surface area contributed by atoms with Crippen molar-refractivity contribution < 1.29 is 22.6 Å². The summed E-state index contributed by atoms with van der Waals surface area (Å²) in [7, 11) is 1.05. The lowest BCUT2D eigenvalue weighted by atomic mass is 10.2. The highest BCUT2D eigenvalue weighted by Gasteiger charge is 2.13.